The molecule has 0 unspecified atom stereocenters. The maximum absolute atomic E-state index is 4.94. The summed E-state index contributed by atoms with van der Waals surface area (Å²) in [5.74, 6) is 1.87. The van der Waals surface area contributed by atoms with E-state index in [-0.39, 0.29) is 0 Å². The zero-order valence-electron chi connectivity index (χ0n) is 20.6. The van der Waals surface area contributed by atoms with Crippen molar-refractivity contribution in [1.82, 2.24) is 24.7 Å². The van der Waals surface area contributed by atoms with E-state index in [1.165, 1.54) is 16.8 Å². The van der Waals surface area contributed by atoms with Crippen LogP contribution in [-0.4, -0.2) is 84.6 Å². The van der Waals surface area contributed by atoms with Gasteiger partial charge in [0.05, 0.1) is 12.1 Å². The molecule has 7 heteroatoms. The lowest BCUT2D eigenvalue weighted by Gasteiger charge is -2.34. The van der Waals surface area contributed by atoms with E-state index in [1.54, 1.807) is 0 Å². The minimum absolute atomic E-state index is 0.799. The lowest BCUT2D eigenvalue weighted by Crippen LogP contribution is -2.45. The van der Waals surface area contributed by atoms with Crippen molar-refractivity contribution < 1.29 is 0 Å². The van der Waals surface area contributed by atoms with Gasteiger partial charge in [-0.1, -0.05) is 30.3 Å². The highest BCUT2D eigenvalue weighted by molar-refractivity contribution is 5.88. The Bertz CT molecular complexity index is 1110. The molecule has 1 saturated heterocycles. The third-order valence-corrected chi connectivity index (χ3v) is 6.88. The van der Waals surface area contributed by atoms with Gasteiger partial charge in [-0.3, -0.25) is 9.80 Å². The van der Waals surface area contributed by atoms with Crippen LogP contribution in [0.5, 0.6) is 0 Å². The molecule has 0 spiro atoms. The lowest BCUT2D eigenvalue weighted by molar-refractivity contribution is 0.120. The second-order valence-corrected chi connectivity index (χ2v) is 9.77. The highest BCUT2D eigenvalue weighted by Gasteiger charge is 2.21. The van der Waals surface area contributed by atoms with Gasteiger partial charge >= 0.3 is 0 Å². The number of hydrogen-bond donors (Lipinski definition) is 2. The van der Waals surface area contributed by atoms with Gasteiger partial charge in [0.15, 0.2) is 0 Å². The number of para-hydroxylation sites is 2. The molecule has 0 bridgehead atoms. The Hall–Kier alpha value is -2.74. The molecule has 1 aromatic heterocycles. The number of nitrogens with zero attached hydrogens (tertiary/aromatic N) is 5. The van der Waals surface area contributed by atoms with Crippen molar-refractivity contribution in [2.45, 2.75) is 25.9 Å². The molecule has 0 amide bonds. The number of rotatable bonds is 9. The predicted octanol–water partition coefficient (Wildman–Crippen LogP) is 3.28. The highest BCUT2D eigenvalue weighted by Crippen LogP contribution is 2.28. The van der Waals surface area contributed by atoms with E-state index >= 15 is 0 Å². The molecule has 3 aromatic rings. The first-order valence-corrected chi connectivity index (χ1v) is 12.6. The monoisotopic (exact) mass is 459 g/mol. The maximum Gasteiger partial charge on any atom is 0.145 e. The molecule has 3 heterocycles. The molecule has 2 aliphatic heterocycles. The van der Waals surface area contributed by atoms with E-state index in [0.29, 0.717) is 0 Å². The zero-order chi connectivity index (χ0) is 23.3. The van der Waals surface area contributed by atoms with E-state index in [2.05, 4.69) is 81.9 Å². The number of piperazine rings is 1. The van der Waals surface area contributed by atoms with Crippen molar-refractivity contribution in [3.05, 3.63) is 59.4 Å². The summed E-state index contributed by atoms with van der Waals surface area (Å²) in [6.07, 6.45) is 2.23. The number of hydrogen-bond acceptors (Lipinski definition) is 7. The second kappa shape index (κ2) is 10.7. The fourth-order valence-electron chi connectivity index (χ4n) is 5.02. The predicted molar refractivity (Wildman–Crippen MR) is 140 cm³/mol. The van der Waals surface area contributed by atoms with Gasteiger partial charge in [-0.2, -0.15) is 0 Å². The first kappa shape index (κ1) is 23.0. The molecule has 0 radical (unpaired) electrons. The van der Waals surface area contributed by atoms with E-state index in [0.717, 1.165) is 94.3 Å². The number of anilines is 2. The topological polar surface area (TPSA) is 59.6 Å². The average Bonchev–Trinajstić information content (AvgIpc) is 3.33. The lowest BCUT2D eigenvalue weighted by atomic mass is 10.1. The van der Waals surface area contributed by atoms with Gasteiger partial charge in [-0.25, -0.2) is 9.97 Å². The molecular formula is C27H37N7. The highest BCUT2D eigenvalue weighted by atomic mass is 15.3. The average molecular weight is 460 g/mol. The van der Waals surface area contributed by atoms with Gasteiger partial charge in [0.25, 0.3) is 0 Å². The van der Waals surface area contributed by atoms with E-state index < -0.39 is 0 Å². The summed E-state index contributed by atoms with van der Waals surface area (Å²) in [6.45, 7) is 9.11. The fraction of sp³-hybridized carbons (Fsp3) is 0.481. The summed E-state index contributed by atoms with van der Waals surface area (Å²) < 4.78 is 0. The normalized spacial score (nSPS) is 16.7. The van der Waals surface area contributed by atoms with E-state index in [4.69, 9.17) is 9.97 Å². The Morgan fingerprint density at radius 3 is 2.56 bits per heavy atom. The summed E-state index contributed by atoms with van der Waals surface area (Å²) in [5, 5.41) is 8.25. The Morgan fingerprint density at radius 1 is 0.941 bits per heavy atom. The smallest absolute Gasteiger partial charge is 0.145 e. The largest absolute Gasteiger partial charge is 0.384 e. The van der Waals surface area contributed by atoms with Crippen LogP contribution in [0.25, 0.3) is 10.9 Å². The van der Waals surface area contributed by atoms with Crippen molar-refractivity contribution in [3.8, 4) is 0 Å². The molecule has 0 saturated carbocycles. The van der Waals surface area contributed by atoms with Crippen molar-refractivity contribution >= 4 is 22.4 Å². The van der Waals surface area contributed by atoms with Crippen LogP contribution in [0.2, 0.25) is 0 Å². The first-order chi connectivity index (χ1) is 16.7. The molecule has 0 atom stereocenters. The van der Waals surface area contributed by atoms with Crippen molar-refractivity contribution in [3.63, 3.8) is 0 Å². The van der Waals surface area contributed by atoms with Gasteiger partial charge in [0.2, 0.25) is 0 Å². The maximum atomic E-state index is 4.94. The third-order valence-electron chi connectivity index (χ3n) is 6.88. The SMILES string of the molecule is CN(C)CCCNc1nc(CN2CCN(Cc3cccc4c3NCC4)CC2)nc2ccccc12. The van der Waals surface area contributed by atoms with Crippen LogP contribution in [0.15, 0.2) is 42.5 Å². The minimum atomic E-state index is 0.799. The summed E-state index contributed by atoms with van der Waals surface area (Å²) in [5.41, 5.74) is 5.30. The molecular weight excluding hydrogens is 422 g/mol. The van der Waals surface area contributed by atoms with Crippen LogP contribution >= 0.6 is 0 Å². The Kier molecular flexibility index (Phi) is 7.23. The van der Waals surface area contributed by atoms with Crippen LogP contribution in [0.3, 0.4) is 0 Å². The number of benzene rings is 2. The quantitative estimate of drug-likeness (QED) is 0.476. The summed E-state index contributed by atoms with van der Waals surface area (Å²) >= 11 is 0. The molecule has 180 valence electrons. The molecule has 2 aliphatic rings. The van der Waals surface area contributed by atoms with E-state index in [1.807, 2.05) is 0 Å². The van der Waals surface area contributed by atoms with E-state index in [9.17, 15) is 0 Å². The van der Waals surface area contributed by atoms with Crippen molar-refractivity contribution in [2.24, 2.45) is 0 Å². The molecule has 34 heavy (non-hydrogen) atoms. The number of nitrogens with one attached hydrogen (secondary N) is 2. The summed E-state index contributed by atoms with van der Waals surface area (Å²) in [4.78, 5) is 17.1. The van der Waals surface area contributed by atoms with Gasteiger partial charge in [0, 0.05) is 56.9 Å². The summed E-state index contributed by atoms with van der Waals surface area (Å²) in [6, 6.07) is 15.1. The van der Waals surface area contributed by atoms with Crippen molar-refractivity contribution in [1.29, 1.82) is 0 Å². The standard InChI is InChI=1S/C27H37N7/c1-32(2)14-6-12-29-27-23-9-3-4-10-24(23)30-25(31-27)20-34-17-15-33(16-18-34)19-22-8-5-7-21-11-13-28-26(21)22/h3-5,7-10,28H,6,11-20H2,1-2H3,(H,29,30,31). The van der Waals surface area contributed by atoms with Crippen LogP contribution in [0.1, 0.15) is 23.4 Å². The van der Waals surface area contributed by atoms with Crippen LogP contribution < -0.4 is 10.6 Å². The zero-order valence-corrected chi connectivity index (χ0v) is 20.6. The van der Waals surface area contributed by atoms with Gasteiger partial charge in [-0.15, -0.1) is 0 Å². The fourth-order valence-corrected chi connectivity index (χ4v) is 5.02. The van der Waals surface area contributed by atoms with Crippen LogP contribution in [-0.2, 0) is 19.5 Å². The van der Waals surface area contributed by atoms with Gasteiger partial charge < -0.3 is 15.5 Å². The molecule has 5 rings (SSSR count). The van der Waals surface area contributed by atoms with Crippen molar-refractivity contribution in [2.75, 3.05) is 70.5 Å². The Labute approximate surface area is 203 Å². The van der Waals surface area contributed by atoms with Crippen LogP contribution in [0, 0.1) is 0 Å². The number of fused-ring (bicyclic) bond motifs is 2. The van der Waals surface area contributed by atoms with Gasteiger partial charge in [-0.05, 0) is 56.7 Å². The van der Waals surface area contributed by atoms with Gasteiger partial charge in [0.1, 0.15) is 11.6 Å². The molecule has 0 aliphatic carbocycles. The minimum Gasteiger partial charge on any atom is -0.384 e. The van der Waals surface area contributed by atoms with Crippen LogP contribution in [0.4, 0.5) is 11.5 Å². The molecule has 2 N–H and O–H groups in total. The Morgan fingerprint density at radius 2 is 1.74 bits per heavy atom. The molecule has 2 aromatic carbocycles. The summed E-state index contributed by atoms with van der Waals surface area (Å²) in [7, 11) is 4.22. The number of aromatic nitrogens is 2. The second-order valence-electron chi connectivity index (χ2n) is 9.77. The molecule has 1 fully saturated rings. The molecule has 7 nitrogen and oxygen atoms in total. The third kappa shape index (κ3) is 5.49. The first-order valence-electron chi connectivity index (χ1n) is 12.6. The Balaban J connectivity index is 1.20.